The van der Waals surface area contributed by atoms with Gasteiger partial charge in [0, 0.05) is 68.7 Å². The Balaban J connectivity index is 0.000000894. The van der Waals surface area contributed by atoms with Crippen LogP contribution in [0.1, 0.15) is 61.4 Å². The van der Waals surface area contributed by atoms with Crippen molar-refractivity contribution in [2.24, 2.45) is 16.5 Å². The number of nitrogens with two attached hydrogens (primary N) is 2. The number of ether oxygens (including phenoxy) is 2. The van der Waals surface area contributed by atoms with Crippen LogP contribution in [0.5, 0.6) is 0 Å². The Morgan fingerprint density at radius 3 is 2.30 bits per heavy atom. The van der Waals surface area contributed by atoms with E-state index in [1.54, 1.807) is 37.4 Å². The highest BCUT2D eigenvalue weighted by Crippen LogP contribution is 2.22. The molecule has 5 rings (SSSR count). The Kier molecular flexibility index (Phi) is 29.9. The second-order valence-corrected chi connectivity index (χ2v) is 12.2. The van der Waals surface area contributed by atoms with E-state index in [1.807, 2.05) is 18.5 Å². The summed E-state index contributed by atoms with van der Waals surface area (Å²) in [5, 5.41) is 20.9. The van der Waals surface area contributed by atoms with Crippen LogP contribution in [0.3, 0.4) is 0 Å². The van der Waals surface area contributed by atoms with E-state index in [9.17, 15) is 8.78 Å². The van der Waals surface area contributed by atoms with Crippen molar-refractivity contribution in [3.05, 3.63) is 100.0 Å². The molecule has 0 unspecified atom stereocenters. The van der Waals surface area contributed by atoms with Crippen LogP contribution in [0.2, 0.25) is 0 Å². The van der Waals surface area contributed by atoms with Crippen molar-refractivity contribution in [3.63, 3.8) is 0 Å². The number of primary amides is 1. The number of aromatic nitrogens is 3. The van der Waals surface area contributed by atoms with Gasteiger partial charge in [-0.05, 0) is 62.6 Å². The van der Waals surface area contributed by atoms with Crippen molar-refractivity contribution in [2.75, 3.05) is 40.0 Å². The van der Waals surface area contributed by atoms with Gasteiger partial charge in [-0.2, -0.15) is 9.49 Å². The van der Waals surface area contributed by atoms with Crippen molar-refractivity contribution >= 4 is 43.3 Å². The van der Waals surface area contributed by atoms with E-state index >= 15 is 0 Å². The summed E-state index contributed by atoms with van der Waals surface area (Å²) in [7, 11) is 1.68. The molecule has 54 heavy (non-hydrogen) atoms. The molecular weight excluding hydrogens is 719 g/mol. The fourth-order valence-electron chi connectivity index (χ4n) is 4.70. The molecule has 0 spiro atoms. The van der Waals surface area contributed by atoms with Crippen LogP contribution in [0.15, 0.2) is 70.8 Å². The first-order chi connectivity index (χ1) is 26.2. The number of carbonyl (C=O) groups excluding carboxylic acids is 1. The fraction of sp³-hybridized carbons (Fsp3) is 0.421. The number of nitrogens with one attached hydrogen (secondary N) is 2. The van der Waals surface area contributed by atoms with Gasteiger partial charge in [0.05, 0.1) is 25.1 Å². The minimum absolute atomic E-state index is 0.0664. The summed E-state index contributed by atoms with van der Waals surface area (Å²) in [5.41, 5.74) is 14.5. The van der Waals surface area contributed by atoms with Gasteiger partial charge in [-0.15, -0.1) is 11.8 Å². The third kappa shape index (κ3) is 23.0. The van der Waals surface area contributed by atoms with E-state index in [1.165, 1.54) is 17.5 Å². The molecule has 7 N–H and O–H groups in total. The predicted octanol–water partition coefficient (Wildman–Crippen LogP) is 6.15. The van der Waals surface area contributed by atoms with Crippen molar-refractivity contribution in [3.8, 4) is 0 Å². The third-order valence-corrected chi connectivity index (χ3v) is 8.27. The van der Waals surface area contributed by atoms with Gasteiger partial charge < -0.3 is 31.5 Å². The van der Waals surface area contributed by atoms with Crippen LogP contribution >= 0.6 is 11.8 Å². The van der Waals surface area contributed by atoms with Gasteiger partial charge in [0.25, 0.3) is 6.47 Å². The van der Waals surface area contributed by atoms with Gasteiger partial charge in [0.1, 0.15) is 5.69 Å². The molecule has 0 bridgehead atoms. The first-order valence-electron chi connectivity index (χ1n) is 17.3. The number of aryl methyl sites for hydroxylation is 1. The van der Waals surface area contributed by atoms with E-state index in [-0.39, 0.29) is 30.3 Å². The van der Waals surface area contributed by atoms with Crippen molar-refractivity contribution in [2.45, 2.75) is 64.3 Å². The van der Waals surface area contributed by atoms with Gasteiger partial charge >= 0.3 is 0 Å². The molecule has 298 valence electrons. The Morgan fingerprint density at radius 2 is 1.74 bits per heavy atom. The number of thioether (sulfide) groups is 1. The number of nitrogens with zero attached hydrogens (tertiary/aromatic N) is 4. The molecule has 3 aromatic rings. The van der Waals surface area contributed by atoms with E-state index in [4.69, 9.17) is 30.6 Å². The first-order valence-corrected chi connectivity index (χ1v) is 18.3. The number of halogens is 2. The summed E-state index contributed by atoms with van der Waals surface area (Å²) in [6.07, 6.45) is 12.9. The van der Waals surface area contributed by atoms with E-state index in [2.05, 4.69) is 73.5 Å². The van der Waals surface area contributed by atoms with Crippen LogP contribution in [-0.4, -0.2) is 97.1 Å². The second-order valence-electron chi connectivity index (χ2n) is 11.3. The lowest BCUT2D eigenvalue weighted by Gasteiger charge is -2.26. The number of pyridine rings is 1. The predicted molar refractivity (Wildman–Crippen MR) is 213 cm³/mol. The highest BCUT2D eigenvalue weighted by atomic mass is 32.2. The van der Waals surface area contributed by atoms with Gasteiger partial charge in [-0.25, -0.2) is 9.37 Å². The Morgan fingerprint density at radius 1 is 1.13 bits per heavy atom. The maximum atomic E-state index is 14.1. The third-order valence-electron chi connectivity index (χ3n) is 7.45. The van der Waals surface area contributed by atoms with Crippen LogP contribution < -0.4 is 11.5 Å². The zero-order valence-electron chi connectivity index (χ0n) is 31.5. The molecule has 0 atom stereocenters. The topological polar surface area (TPSA) is 206 Å². The maximum absolute atomic E-state index is 14.1. The average molecular weight is 775 g/mol. The summed E-state index contributed by atoms with van der Waals surface area (Å²) in [6, 6.07) is 11.0. The van der Waals surface area contributed by atoms with Crippen molar-refractivity contribution in [1.29, 1.82) is 5.41 Å². The van der Waals surface area contributed by atoms with Gasteiger partial charge in [-0.3, -0.25) is 24.6 Å². The molecule has 16 heteroatoms. The number of benzene rings is 1. The average Bonchev–Trinajstić information content (AvgIpc) is 3.72. The second kappa shape index (κ2) is 32.8. The first kappa shape index (κ1) is 49.2. The van der Waals surface area contributed by atoms with Crippen LogP contribution in [0.4, 0.5) is 8.78 Å². The Hall–Kier alpha value is -4.77. The number of hydrogen-bond acceptors (Lipinski definition) is 11. The minimum atomic E-state index is -0.777. The molecule has 13 nitrogen and oxygen atoms in total. The molecule has 2 fully saturated rings. The molecule has 1 aliphatic carbocycles. The van der Waals surface area contributed by atoms with E-state index in [0.717, 1.165) is 88.6 Å². The number of morpholine rings is 1. The standard InChI is InChI=1S/C20H23F2N5S.C12H17NO.C3H8O.CH3NO.CH3N.CH2O2/c21-17-6-7-18(22)27-20(17)19(23)15(12-24-16-4-2-1-3-5-16)8-9-28-13-14-10-25-26-11-14;1-11-2-4-12(5-3-11)10-13-6-8-14-9-7-13;1-3-4-2;2-1-3;1-2;2-1-3/h6-12,16H,1-5,13,23H2,(H,25,26);2-5H,6-10H2,1H3;3H2,1-2H3;1H,(H2,2,3);2H,1H2;1H,(H,2,3)/b9-8+,19-15-,24-12?;;;;;. The van der Waals surface area contributed by atoms with Gasteiger partial charge in [0.2, 0.25) is 12.4 Å². The SMILES string of the molecule is C=N.CCOC.Cc1ccc(CN2CCOCC2)cc1.N/C(=C(C=NC1CCCCC1)/C=C/SCc1cn[nH]c1)c1nc(F)ccc1F.NC=O.O=CO. The summed E-state index contributed by atoms with van der Waals surface area (Å²) in [5.74, 6) is -0.713. The number of methoxy groups -OCH3 is 1. The maximum Gasteiger partial charge on any atom is 0.290 e. The van der Waals surface area contributed by atoms with Gasteiger partial charge in [0.15, 0.2) is 5.82 Å². The molecule has 1 aromatic carbocycles. The smallest absolute Gasteiger partial charge is 0.290 e. The zero-order valence-corrected chi connectivity index (χ0v) is 32.3. The number of carboxylic acid groups (broad SMARTS) is 1. The van der Waals surface area contributed by atoms with Crippen LogP contribution in [0.25, 0.3) is 5.70 Å². The lowest BCUT2D eigenvalue weighted by atomic mass is 9.96. The molecule has 1 amide bonds. The number of allylic oxidation sites excluding steroid dienone is 2. The van der Waals surface area contributed by atoms with E-state index in [0.29, 0.717) is 5.57 Å². The number of H-pyrrole nitrogens is 1. The number of aromatic amines is 1. The Bertz CT molecular complexity index is 1480. The van der Waals surface area contributed by atoms with Crippen LogP contribution in [-0.2, 0) is 31.4 Å². The number of amides is 1. The summed E-state index contributed by atoms with van der Waals surface area (Å²) in [6.45, 7) is 12.1. The fourth-order valence-corrected chi connectivity index (χ4v) is 5.38. The van der Waals surface area contributed by atoms with Crippen LogP contribution in [0, 0.1) is 24.1 Å². The minimum Gasteiger partial charge on any atom is -0.483 e. The summed E-state index contributed by atoms with van der Waals surface area (Å²) >= 11 is 1.54. The van der Waals surface area contributed by atoms with Gasteiger partial charge in [-0.1, -0.05) is 49.1 Å². The Labute approximate surface area is 321 Å². The molecule has 2 aliphatic rings. The highest BCUT2D eigenvalue weighted by Gasteiger charge is 2.14. The number of carbonyl (C=O) groups is 2. The molecule has 3 heterocycles. The number of aliphatic imine (C=N–C) groups is 1. The molecule has 2 aromatic heterocycles. The van der Waals surface area contributed by atoms with Crippen molar-refractivity contribution in [1.82, 2.24) is 20.1 Å². The van der Waals surface area contributed by atoms with E-state index < -0.39 is 11.8 Å². The zero-order chi connectivity index (χ0) is 40.4. The molecule has 1 saturated heterocycles. The number of hydrogen-bond donors (Lipinski definition) is 5. The van der Waals surface area contributed by atoms with Crippen molar-refractivity contribution < 1.29 is 33.0 Å². The summed E-state index contributed by atoms with van der Waals surface area (Å²) < 4.78 is 37.5. The molecule has 1 saturated carbocycles. The molecule has 0 radical (unpaired) electrons. The lowest BCUT2D eigenvalue weighted by molar-refractivity contribution is -0.122. The quantitative estimate of drug-likeness (QED) is 0.0687. The normalized spacial score (nSPS) is 14.5. The number of rotatable bonds is 10. The summed E-state index contributed by atoms with van der Waals surface area (Å²) in [4.78, 5) is 27.6. The molecular formula is C38H56F2N8O5S. The largest absolute Gasteiger partial charge is 0.483 e. The monoisotopic (exact) mass is 774 g/mol. The highest BCUT2D eigenvalue weighted by molar-refractivity contribution is 8.01. The lowest BCUT2D eigenvalue weighted by Crippen LogP contribution is -2.35. The molecule has 1 aliphatic heterocycles.